The molecule has 0 radical (unpaired) electrons. The molecule has 0 unspecified atom stereocenters. The molecule has 0 saturated heterocycles. The Morgan fingerprint density at radius 2 is 1.96 bits per heavy atom. The Kier molecular flexibility index (Phi) is 5.53. The number of nitrogens with zero attached hydrogens (tertiary/aromatic N) is 1. The number of benzene rings is 1. The Hall–Kier alpha value is -2.56. The molecule has 3 rings (SSSR count). The number of rotatable bonds is 6. The van der Waals surface area contributed by atoms with E-state index in [-0.39, 0.29) is 18.9 Å². The molecule has 25 heavy (non-hydrogen) atoms. The highest BCUT2D eigenvalue weighted by atomic mass is 16.5. The van der Waals surface area contributed by atoms with Crippen LogP contribution < -0.4 is 4.74 Å². The summed E-state index contributed by atoms with van der Waals surface area (Å²) in [5, 5.41) is 8.70. The van der Waals surface area contributed by atoms with Crippen molar-refractivity contribution < 1.29 is 19.4 Å². The second-order valence-corrected chi connectivity index (χ2v) is 6.46. The number of carboxylic acids is 1. The van der Waals surface area contributed by atoms with Crippen LogP contribution in [0.5, 0.6) is 5.75 Å². The van der Waals surface area contributed by atoms with Crippen LogP contribution in [-0.2, 0) is 16.0 Å². The van der Waals surface area contributed by atoms with E-state index < -0.39 is 5.97 Å². The highest BCUT2D eigenvalue weighted by molar-refractivity contribution is 5.78. The third-order valence-electron chi connectivity index (χ3n) is 4.70. The van der Waals surface area contributed by atoms with Gasteiger partial charge in [-0.3, -0.25) is 9.59 Å². The van der Waals surface area contributed by atoms with Crippen LogP contribution in [0, 0.1) is 0 Å². The van der Waals surface area contributed by atoms with Crippen molar-refractivity contribution in [1.82, 2.24) is 4.90 Å². The van der Waals surface area contributed by atoms with Crippen molar-refractivity contribution in [1.29, 1.82) is 0 Å². The minimum atomic E-state index is -0.807. The van der Waals surface area contributed by atoms with Crippen molar-refractivity contribution in [3.05, 3.63) is 53.1 Å². The first-order valence-corrected chi connectivity index (χ1v) is 8.70. The summed E-state index contributed by atoms with van der Waals surface area (Å²) in [4.78, 5) is 24.8. The van der Waals surface area contributed by atoms with Gasteiger partial charge in [-0.2, -0.15) is 0 Å². The van der Waals surface area contributed by atoms with Gasteiger partial charge in [-0.25, -0.2) is 0 Å². The van der Waals surface area contributed by atoms with Gasteiger partial charge in [0.25, 0.3) is 5.91 Å². The lowest BCUT2D eigenvalue weighted by atomic mass is 9.92. The number of hydrogen-bond acceptors (Lipinski definition) is 3. The highest BCUT2D eigenvalue weighted by Crippen LogP contribution is 2.26. The van der Waals surface area contributed by atoms with Crippen molar-refractivity contribution in [3.63, 3.8) is 0 Å². The van der Waals surface area contributed by atoms with Crippen LogP contribution in [0.15, 0.2) is 47.6 Å². The molecule has 1 aliphatic carbocycles. The zero-order chi connectivity index (χ0) is 17.6. The van der Waals surface area contributed by atoms with E-state index in [1.807, 2.05) is 17.0 Å². The molecule has 0 spiro atoms. The maximum absolute atomic E-state index is 12.4. The zero-order valence-corrected chi connectivity index (χ0v) is 14.2. The van der Waals surface area contributed by atoms with Gasteiger partial charge in [0.2, 0.25) is 0 Å². The molecule has 1 aromatic carbocycles. The molecule has 1 amide bonds. The number of amides is 1. The van der Waals surface area contributed by atoms with Gasteiger partial charge in [-0.05, 0) is 49.0 Å². The van der Waals surface area contributed by atoms with Crippen LogP contribution in [0.2, 0.25) is 0 Å². The summed E-state index contributed by atoms with van der Waals surface area (Å²) >= 11 is 0. The van der Waals surface area contributed by atoms with E-state index in [0.717, 1.165) is 31.4 Å². The lowest BCUT2D eigenvalue weighted by molar-refractivity contribution is -0.137. The summed E-state index contributed by atoms with van der Waals surface area (Å²) in [6.07, 6.45) is 8.12. The molecule has 0 atom stereocenters. The van der Waals surface area contributed by atoms with Crippen molar-refractivity contribution in [2.45, 2.75) is 32.1 Å². The van der Waals surface area contributed by atoms with Crippen LogP contribution in [0.1, 0.15) is 31.2 Å². The van der Waals surface area contributed by atoms with Gasteiger partial charge in [0.15, 0.2) is 6.61 Å². The molecule has 132 valence electrons. The summed E-state index contributed by atoms with van der Waals surface area (Å²) in [6, 6.07) is 7.25. The molecule has 1 N–H and O–H groups in total. The van der Waals surface area contributed by atoms with Crippen LogP contribution in [-0.4, -0.2) is 41.6 Å². The Labute approximate surface area is 147 Å². The van der Waals surface area contributed by atoms with Gasteiger partial charge in [-0.15, -0.1) is 0 Å². The van der Waals surface area contributed by atoms with Gasteiger partial charge in [-0.1, -0.05) is 29.9 Å². The van der Waals surface area contributed by atoms with Gasteiger partial charge < -0.3 is 14.7 Å². The largest absolute Gasteiger partial charge is 0.484 e. The molecule has 1 aromatic rings. The second kappa shape index (κ2) is 8.01. The maximum atomic E-state index is 12.4. The first-order valence-electron chi connectivity index (χ1n) is 8.70. The molecule has 0 fully saturated rings. The molecule has 0 saturated carbocycles. The molecule has 1 aliphatic heterocycles. The van der Waals surface area contributed by atoms with E-state index in [2.05, 4.69) is 12.2 Å². The molecule has 0 bridgehead atoms. The molecular formula is C20H23NO4. The normalized spacial score (nSPS) is 16.6. The average molecular weight is 341 g/mol. The Morgan fingerprint density at radius 3 is 2.72 bits per heavy atom. The van der Waals surface area contributed by atoms with E-state index in [4.69, 9.17) is 9.84 Å². The lowest BCUT2D eigenvalue weighted by Crippen LogP contribution is -2.39. The van der Waals surface area contributed by atoms with Crippen LogP contribution >= 0.6 is 0 Å². The number of aliphatic carboxylic acids is 1. The number of aryl methyl sites for hydroxylation is 1. The fourth-order valence-corrected chi connectivity index (χ4v) is 3.22. The third-order valence-corrected chi connectivity index (χ3v) is 4.70. The molecule has 0 aromatic heterocycles. The number of carboxylic acid groups (broad SMARTS) is 1. The topological polar surface area (TPSA) is 66.8 Å². The number of carbonyl (C=O) groups excluding carboxylic acids is 1. The van der Waals surface area contributed by atoms with E-state index >= 15 is 0 Å². The first-order chi connectivity index (χ1) is 12.1. The monoisotopic (exact) mass is 341 g/mol. The van der Waals surface area contributed by atoms with Crippen LogP contribution in [0.3, 0.4) is 0 Å². The Bertz CT molecular complexity index is 703. The van der Waals surface area contributed by atoms with Gasteiger partial charge in [0, 0.05) is 19.5 Å². The van der Waals surface area contributed by atoms with Crippen LogP contribution in [0.25, 0.3) is 0 Å². The second-order valence-electron chi connectivity index (χ2n) is 6.46. The quantitative estimate of drug-likeness (QED) is 0.864. The van der Waals surface area contributed by atoms with Crippen molar-refractivity contribution in [3.8, 4) is 5.75 Å². The zero-order valence-electron chi connectivity index (χ0n) is 14.2. The SMILES string of the molecule is O=C(O)CCc1ccc(OCC(=O)N2CCC3=C(C=CCC3)C2)cc1. The molecule has 2 aliphatic rings. The minimum absolute atomic E-state index is 0.000442. The molecule has 1 heterocycles. The number of allylic oxidation sites excluding steroid dienone is 1. The molecule has 5 nitrogen and oxygen atoms in total. The summed E-state index contributed by atoms with van der Waals surface area (Å²) < 4.78 is 5.60. The van der Waals surface area contributed by atoms with Gasteiger partial charge in [0.05, 0.1) is 0 Å². The number of carbonyl (C=O) groups is 2. The highest BCUT2D eigenvalue weighted by Gasteiger charge is 2.22. The van der Waals surface area contributed by atoms with Crippen molar-refractivity contribution in [2.75, 3.05) is 19.7 Å². The molecule has 5 heteroatoms. The average Bonchev–Trinajstić information content (AvgIpc) is 2.64. The van der Waals surface area contributed by atoms with Gasteiger partial charge in [0.1, 0.15) is 5.75 Å². The smallest absolute Gasteiger partial charge is 0.303 e. The lowest BCUT2D eigenvalue weighted by Gasteiger charge is -2.31. The summed E-state index contributed by atoms with van der Waals surface area (Å²) in [6.45, 7) is 1.48. The standard InChI is InChI=1S/C20H23NO4/c22-19(21-12-11-16-3-1-2-4-17(16)13-21)14-25-18-8-5-15(6-9-18)7-10-20(23)24/h2,4-6,8-9H,1,3,7,10-14H2,(H,23,24). The third kappa shape index (κ3) is 4.72. The van der Waals surface area contributed by atoms with Gasteiger partial charge >= 0.3 is 5.97 Å². The summed E-state index contributed by atoms with van der Waals surface area (Å²) in [7, 11) is 0. The predicted molar refractivity (Wildman–Crippen MR) is 94.5 cm³/mol. The van der Waals surface area contributed by atoms with E-state index in [9.17, 15) is 9.59 Å². The van der Waals surface area contributed by atoms with Crippen molar-refractivity contribution >= 4 is 11.9 Å². The summed E-state index contributed by atoms with van der Waals surface area (Å²) in [5.74, 6) is -0.180. The van der Waals surface area contributed by atoms with E-state index in [1.54, 1.807) is 12.1 Å². The summed E-state index contributed by atoms with van der Waals surface area (Å²) in [5.41, 5.74) is 3.72. The maximum Gasteiger partial charge on any atom is 0.303 e. The Balaban J connectivity index is 1.48. The van der Waals surface area contributed by atoms with Crippen molar-refractivity contribution in [2.24, 2.45) is 0 Å². The fraction of sp³-hybridized carbons (Fsp3) is 0.400. The van der Waals surface area contributed by atoms with E-state index in [0.29, 0.717) is 18.7 Å². The fourth-order valence-electron chi connectivity index (χ4n) is 3.22. The predicted octanol–water partition coefficient (Wildman–Crippen LogP) is 2.96. The van der Waals surface area contributed by atoms with Crippen LogP contribution in [0.4, 0.5) is 0 Å². The minimum Gasteiger partial charge on any atom is -0.484 e. The number of hydrogen-bond donors (Lipinski definition) is 1. The molecular weight excluding hydrogens is 318 g/mol. The Morgan fingerprint density at radius 1 is 1.16 bits per heavy atom. The number of ether oxygens (including phenoxy) is 1. The van der Waals surface area contributed by atoms with E-state index in [1.165, 1.54) is 11.1 Å². The first kappa shape index (κ1) is 17.3.